The van der Waals surface area contributed by atoms with Crippen molar-refractivity contribution in [1.29, 1.82) is 0 Å². The molecular formula is C20H20F2N4O2. The number of ether oxygens (including phenoxy) is 1. The van der Waals surface area contributed by atoms with Crippen LogP contribution in [0.2, 0.25) is 0 Å². The molecule has 0 atom stereocenters. The monoisotopic (exact) mass is 386 g/mol. The summed E-state index contributed by atoms with van der Waals surface area (Å²) in [5.74, 6) is -0.546. The fraction of sp³-hybridized carbons (Fsp3) is 0.250. The summed E-state index contributed by atoms with van der Waals surface area (Å²) in [5.41, 5.74) is 1.23. The third-order valence-corrected chi connectivity index (χ3v) is 4.29. The van der Waals surface area contributed by atoms with Gasteiger partial charge >= 0.3 is 0 Å². The predicted octanol–water partition coefficient (Wildman–Crippen LogP) is 3.52. The van der Waals surface area contributed by atoms with Gasteiger partial charge in [0.25, 0.3) is 5.91 Å². The average Bonchev–Trinajstić information content (AvgIpc) is 3.08. The summed E-state index contributed by atoms with van der Waals surface area (Å²) < 4.78 is 33.4. The second-order valence-corrected chi connectivity index (χ2v) is 6.16. The fourth-order valence-corrected chi connectivity index (χ4v) is 2.80. The van der Waals surface area contributed by atoms with Crippen molar-refractivity contribution < 1.29 is 18.3 Å². The number of hydrogen-bond donors (Lipinski definition) is 0. The number of amides is 1. The highest BCUT2D eigenvalue weighted by Crippen LogP contribution is 2.19. The number of methoxy groups -OCH3 is 1. The molecule has 8 heteroatoms. The molecule has 0 aliphatic rings. The summed E-state index contributed by atoms with van der Waals surface area (Å²) in [4.78, 5) is 18.6. The minimum absolute atomic E-state index is 0.0256. The van der Waals surface area contributed by atoms with Crippen molar-refractivity contribution in [2.45, 2.75) is 20.4 Å². The number of rotatable bonds is 6. The maximum absolute atomic E-state index is 13.9. The Morgan fingerprint density at radius 2 is 1.89 bits per heavy atom. The molecule has 2 aromatic carbocycles. The van der Waals surface area contributed by atoms with E-state index in [-0.39, 0.29) is 29.8 Å². The van der Waals surface area contributed by atoms with Crippen LogP contribution in [0.5, 0.6) is 5.75 Å². The summed E-state index contributed by atoms with van der Waals surface area (Å²) in [6.45, 7) is 4.14. The summed E-state index contributed by atoms with van der Waals surface area (Å²) in [6.07, 6.45) is 0. The van der Waals surface area contributed by atoms with Gasteiger partial charge in [0.15, 0.2) is 11.6 Å². The highest BCUT2D eigenvalue weighted by atomic mass is 19.1. The van der Waals surface area contributed by atoms with Gasteiger partial charge in [-0.1, -0.05) is 6.07 Å². The standard InChI is InChI=1S/C20H20F2N4O2/c1-4-25(12-14-5-10-18(28-3)17(22)11-14)20(27)19-23-13(2)26(24-19)16-8-6-15(21)7-9-16/h5-11H,4,12H2,1-3H3. The van der Waals surface area contributed by atoms with Gasteiger partial charge in [0.05, 0.1) is 12.8 Å². The third kappa shape index (κ3) is 4.00. The topological polar surface area (TPSA) is 60.2 Å². The molecule has 3 aromatic rings. The Hall–Kier alpha value is -3.29. The Labute approximate surface area is 161 Å². The molecule has 3 rings (SSSR count). The number of aryl methyl sites for hydroxylation is 1. The van der Waals surface area contributed by atoms with E-state index in [1.54, 1.807) is 25.1 Å². The van der Waals surface area contributed by atoms with Crippen molar-refractivity contribution in [3.05, 3.63) is 71.3 Å². The molecule has 0 saturated heterocycles. The Bertz CT molecular complexity index is 986. The zero-order valence-electron chi connectivity index (χ0n) is 15.8. The van der Waals surface area contributed by atoms with Crippen molar-refractivity contribution in [3.8, 4) is 11.4 Å². The molecule has 0 unspecified atom stereocenters. The van der Waals surface area contributed by atoms with Crippen LogP contribution >= 0.6 is 0 Å². The number of aromatic nitrogens is 3. The van der Waals surface area contributed by atoms with E-state index in [1.165, 1.54) is 41.0 Å². The van der Waals surface area contributed by atoms with Gasteiger partial charge in [0.1, 0.15) is 11.6 Å². The molecular weight excluding hydrogens is 366 g/mol. The van der Waals surface area contributed by atoms with Gasteiger partial charge < -0.3 is 9.64 Å². The van der Waals surface area contributed by atoms with Crippen molar-refractivity contribution in [3.63, 3.8) is 0 Å². The highest BCUT2D eigenvalue weighted by Gasteiger charge is 2.21. The Morgan fingerprint density at radius 3 is 2.50 bits per heavy atom. The van der Waals surface area contributed by atoms with Gasteiger partial charge in [-0.15, -0.1) is 5.10 Å². The van der Waals surface area contributed by atoms with Crippen LogP contribution in [-0.4, -0.2) is 39.2 Å². The van der Waals surface area contributed by atoms with Crippen molar-refractivity contribution in [1.82, 2.24) is 19.7 Å². The van der Waals surface area contributed by atoms with Crippen LogP contribution in [0.15, 0.2) is 42.5 Å². The Kier molecular flexibility index (Phi) is 5.67. The molecule has 6 nitrogen and oxygen atoms in total. The van der Waals surface area contributed by atoms with Gasteiger partial charge in [-0.25, -0.2) is 18.4 Å². The van der Waals surface area contributed by atoms with E-state index in [0.29, 0.717) is 23.6 Å². The maximum Gasteiger partial charge on any atom is 0.293 e. The molecule has 0 fully saturated rings. The molecule has 0 radical (unpaired) electrons. The SMILES string of the molecule is CCN(Cc1ccc(OC)c(F)c1)C(=O)c1nc(C)n(-c2ccc(F)cc2)n1. The normalized spacial score (nSPS) is 10.8. The zero-order valence-corrected chi connectivity index (χ0v) is 15.8. The predicted molar refractivity (Wildman–Crippen MR) is 99.4 cm³/mol. The van der Waals surface area contributed by atoms with Crippen LogP contribution in [0.4, 0.5) is 8.78 Å². The molecule has 1 aromatic heterocycles. The fourth-order valence-electron chi connectivity index (χ4n) is 2.80. The molecule has 146 valence electrons. The molecule has 0 saturated carbocycles. The number of carbonyl (C=O) groups excluding carboxylic acids is 1. The quantitative estimate of drug-likeness (QED) is 0.650. The van der Waals surface area contributed by atoms with Crippen LogP contribution in [0, 0.1) is 18.6 Å². The van der Waals surface area contributed by atoms with Gasteiger partial charge in [-0.05, 0) is 55.8 Å². The first kappa shape index (κ1) is 19.5. The van der Waals surface area contributed by atoms with E-state index in [2.05, 4.69) is 10.1 Å². The molecule has 28 heavy (non-hydrogen) atoms. The molecule has 0 bridgehead atoms. The Morgan fingerprint density at radius 1 is 1.18 bits per heavy atom. The summed E-state index contributed by atoms with van der Waals surface area (Å²) in [5, 5.41) is 4.26. The van der Waals surface area contributed by atoms with E-state index in [0.717, 1.165) is 0 Å². The second-order valence-electron chi connectivity index (χ2n) is 6.16. The summed E-state index contributed by atoms with van der Waals surface area (Å²) in [6, 6.07) is 10.3. The van der Waals surface area contributed by atoms with E-state index in [9.17, 15) is 13.6 Å². The zero-order chi connectivity index (χ0) is 20.3. The van der Waals surface area contributed by atoms with Gasteiger partial charge in [-0.3, -0.25) is 4.79 Å². The lowest BCUT2D eigenvalue weighted by Gasteiger charge is -2.19. The largest absolute Gasteiger partial charge is 0.494 e. The number of hydrogen-bond acceptors (Lipinski definition) is 4. The molecule has 0 N–H and O–H groups in total. The molecule has 0 aliphatic carbocycles. The lowest BCUT2D eigenvalue weighted by molar-refractivity contribution is 0.0740. The molecule has 1 amide bonds. The summed E-state index contributed by atoms with van der Waals surface area (Å²) in [7, 11) is 1.39. The second kappa shape index (κ2) is 8.16. The van der Waals surface area contributed by atoms with Crippen LogP contribution in [0.3, 0.4) is 0 Å². The van der Waals surface area contributed by atoms with Gasteiger partial charge in [0, 0.05) is 13.1 Å². The van der Waals surface area contributed by atoms with Crippen molar-refractivity contribution >= 4 is 5.91 Å². The van der Waals surface area contributed by atoms with E-state index < -0.39 is 5.82 Å². The van der Waals surface area contributed by atoms with Crippen LogP contribution in [0.1, 0.15) is 28.9 Å². The molecule has 0 spiro atoms. The minimum atomic E-state index is -0.488. The molecule has 0 aliphatic heterocycles. The van der Waals surface area contributed by atoms with E-state index in [1.807, 2.05) is 6.92 Å². The lowest BCUT2D eigenvalue weighted by Crippen LogP contribution is -2.31. The number of nitrogens with zero attached hydrogens (tertiary/aromatic N) is 4. The highest BCUT2D eigenvalue weighted by molar-refractivity contribution is 5.90. The number of benzene rings is 2. The van der Waals surface area contributed by atoms with Gasteiger partial charge in [0.2, 0.25) is 5.82 Å². The average molecular weight is 386 g/mol. The molecule has 1 heterocycles. The minimum Gasteiger partial charge on any atom is -0.494 e. The smallest absolute Gasteiger partial charge is 0.293 e. The van der Waals surface area contributed by atoms with E-state index >= 15 is 0 Å². The van der Waals surface area contributed by atoms with E-state index in [4.69, 9.17) is 4.74 Å². The number of halogens is 2. The summed E-state index contributed by atoms with van der Waals surface area (Å²) >= 11 is 0. The first-order chi connectivity index (χ1) is 13.4. The van der Waals surface area contributed by atoms with Crippen molar-refractivity contribution in [2.24, 2.45) is 0 Å². The lowest BCUT2D eigenvalue weighted by atomic mass is 10.2. The van der Waals surface area contributed by atoms with Gasteiger partial charge in [-0.2, -0.15) is 0 Å². The first-order valence-corrected chi connectivity index (χ1v) is 8.74. The Balaban J connectivity index is 1.82. The third-order valence-electron chi connectivity index (χ3n) is 4.29. The number of carbonyl (C=O) groups is 1. The first-order valence-electron chi connectivity index (χ1n) is 8.74. The van der Waals surface area contributed by atoms with Crippen molar-refractivity contribution in [2.75, 3.05) is 13.7 Å². The van der Waals surface area contributed by atoms with Crippen LogP contribution in [-0.2, 0) is 6.54 Å². The maximum atomic E-state index is 13.9. The van der Waals surface area contributed by atoms with Crippen LogP contribution in [0.25, 0.3) is 5.69 Å². The van der Waals surface area contributed by atoms with Crippen LogP contribution < -0.4 is 4.74 Å².